The maximum atomic E-state index is 12.5. The number of carbonyl (C=O) groups excluding carboxylic acids is 4. The molecule has 7 rings (SSSR count). The van der Waals surface area contributed by atoms with Crippen LogP contribution in [0.1, 0.15) is 72.1 Å². The summed E-state index contributed by atoms with van der Waals surface area (Å²) in [4.78, 5) is 52.3. The summed E-state index contributed by atoms with van der Waals surface area (Å²) in [6.07, 6.45) is 3.74. The van der Waals surface area contributed by atoms with Crippen LogP contribution < -0.4 is 19.3 Å². The maximum absolute atomic E-state index is 12.5. The van der Waals surface area contributed by atoms with Crippen LogP contribution in [0.25, 0.3) is 12.2 Å². The molecule has 0 bridgehead atoms. The first kappa shape index (κ1) is 57.3. The molecular weight excluding hydrogens is 997 g/mol. The Balaban J connectivity index is 0.973. The smallest absolute Gasteiger partial charge is 0.349 e. The van der Waals surface area contributed by atoms with Crippen molar-refractivity contribution in [2.75, 3.05) is 76.6 Å². The number of hydrogen-bond acceptors (Lipinski definition) is 14. The normalized spacial score (nSPS) is 14.7. The Morgan fingerprint density at radius 3 is 1.46 bits per heavy atom. The highest BCUT2D eigenvalue weighted by atomic mass is 16.6. The first-order valence-corrected chi connectivity index (χ1v) is 26.0. The van der Waals surface area contributed by atoms with Gasteiger partial charge in [0.15, 0.2) is 0 Å². The number of nitrogens with zero attached hydrogens (tertiary/aromatic N) is 4. The molecule has 2 atom stereocenters. The lowest BCUT2D eigenvalue weighted by Crippen LogP contribution is -2.27. The largest absolute Gasteiger partial charge is 0.492 e. The first-order valence-electron chi connectivity index (χ1n) is 26.0. The predicted octanol–water partition coefficient (Wildman–Crippen LogP) is 10.8. The molecule has 0 radical (unpaired) electrons. The van der Waals surface area contributed by atoms with Gasteiger partial charge in [0.2, 0.25) is 0 Å². The number of benzene rings is 6. The number of rotatable bonds is 25. The lowest BCUT2D eigenvalue weighted by Gasteiger charge is -2.33. The Bertz CT molecular complexity index is 3230. The topological polar surface area (TPSA) is 178 Å². The quantitative estimate of drug-likeness (QED) is 0.0174. The van der Waals surface area contributed by atoms with Crippen molar-refractivity contribution in [2.24, 2.45) is 5.92 Å². The van der Waals surface area contributed by atoms with E-state index in [2.05, 4.69) is 95.2 Å². The minimum atomic E-state index is -0.811. The third-order valence-corrected chi connectivity index (χ3v) is 13.5. The number of nitriles is 2. The van der Waals surface area contributed by atoms with Gasteiger partial charge < -0.3 is 38.2 Å². The van der Waals surface area contributed by atoms with E-state index in [1.807, 2.05) is 99.0 Å². The lowest BCUT2D eigenvalue weighted by molar-refractivity contribution is -0.152. The second-order valence-corrected chi connectivity index (χ2v) is 19.3. The Morgan fingerprint density at radius 1 is 0.582 bits per heavy atom. The second kappa shape index (κ2) is 27.6. The van der Waals surface area contributed by atoms with Crippen LogP contribution in [-0.2, 0) is 43.5 Å². The van der Waals surface area contributed by atoms with Crippen molar-refractivity contribution < 1.29 is 47.6 Å². The molecule has 14 nitrogen and oxygen atoms in total. The molecule has 404 valence electrons. The molecule has 2 unspecified atom stereocenters. The molecule has 0 N–H and O–H groups in total. The van der Waals surface area contributed by atoms with Crippen LogP contribution in [-0.4, -0.2) is 90.7 Å². The van der Waals surface area contributed by atoms with E-state index < -0.39 is 23.3 Å². The highest BCUT2D eigenvalue weighted by Gasteiger charge is 2.46. The van der Waals surface area contributed by atoms with Crippen molar-refractivity contribution in [3.8, 4) is 23.6 Å². The summed E-state index contributed by atoms with van der Waals surface area (Å²) >= 11 is 0. The standard InChI is InChI=1S/C65H64N4O10/c1-45(2)61(70)76-36-38-78-63(72)50(43-66)40-47-16-24-54(25-17-47)68(5)32-34-74-56-28-20-52(21-29-56)65(42-59(49-12-8-7-9-13-49)58-14-10-11-15-60(58)65)53-22-30-57(31-23-53)75-35-33-69(6)55-26-18-48(19-27-55)41-51(44-67)64(73)79-39-37-77-62(71)46(3)4/h7-31,40-41,46,59H,1,32-39,42H2,2-6H3/b50-40+,51-41+. The van der Waals surface area contributed by atoms with Crippen LogP contribution in [0.5, 0.6) is 11.5 Å². The summed E-state index contributed by atoms with van der Waals surface area (Å²) in [5.74, 6) is -1.21. The van der Waals surface area contributed by atoms with E-state index in [9.17, 15) is 29.7 Å². The van der Waals surface area contributed by atoms with Gasteiger partial charge in [0.25, 0.3) is 0 Å². The molecule has 0 spiro atoms. The fraction of sp³-hybridized carbons (Fsp3) is 0.262. The van der Waals surface area contributed by atoms with Crippen LogP contribution in [0.15, 0.2) is 175 Å². The summed E-state index contributed by atoms with van der Waals surface area (Å²) in [7, 11) is 3.94. The van der Waals surface area contributed by atoms with Gasteiger partial charge >= 0.3 is 23.9 Å². The molecule has 0 fully saturated rings. The van der Waals surface area contributed by atoms with E-state index in [0.29, 0.717) is 37.4 Å². The van der Waals surface area contributed by atoms with Crippen molar-refractivity contribution in [1.82, 2.24) is 0 Å². The van der Waals surface area contributed by atoms with Crippen LogP contribution in [0.3, 0.4) is 0 Å². The molecule has 0 amide bonds. The molecule has 1 aliphatic rings. The van der Waals surface area contributed by atoms with Gasteiger partial charge in [-0.15, -0.1) is 0 Å². The number of esters is 4. The third-order valence-electron chi connectivity index (χ3n) is 13.5. The van der Waals surface area contributed by atoms with Gasteiger partial charge in [0.1, 0.15) is 74.4 Å². The molecule has 0 heterocycles. The zero-order valence-electron chi connectivity index (χ0n) is 45.2. The highest BCUT2D eigenvalue weighted by Crippen LogP contribution is 2.56. The summed E-state index contributed by atoms with van der Waals surface area (Å²) in [6.45, 7) is 9.90. The van der Waals surface area contributed by atoms with Crippen LogP contribution >= 0.6 is 0 Å². The van der Waals surface area contributed by atoms with Crippen molar-refractivity contribution >= 4 is 47.4 Å². The molecule has 0 saturated heterocycles. The molecule has 14 heteroatoms. The zero-order valence-corrected chi connectivity index (χ0v) is 45.2. The average Bonchev–Trinajstić information content (AvgIpc) is 3.88. The molecule has 79 heavy (non-hydrogen) atoms. The minimum Gasteiger partial charge on any atom is -0.492 e. The summed E-state index contributed by atoms with van der Waals surface area (Å²) in [6, 6.07) is 55.0. The van der Waals surface area contributed by atoms with E-state index in [1.165, 1.54) is 35.8 Å². The van der Waals surface area contributed by atoms with E-state index >= 15 is 0 Å². The Labute approximate surface area is 462 Å². The van der Waals surface area contributed by atoms with Crippen molar-refractivity contribution in [3.63, 3.8) is 0 Å². The van der Waals surface area contributed by atoms with Gasteiger partial charge in [-0.2, -0.15) is 10.5 Å². The number of anilines is 2. The van der Waals surface area contributed by atoms with Crippen LogP contribution in [0, 0.1) is 28.6 Å². The SMILES string of the molecule is C=C(C)C(=O)OCCOC(=O)/C(C#N)=C/c1ccc(N(C)CCOc2ccc(C3(c4ccc(OCCN(C)c5ccc(/C=C(\C#N)C(=O)OCCOC(=O)C(C)C)cc5)cc4)CC(c4ccccc4)c4ccccc43)cc2)cc1. The predicted molar refractivity (Wildman–Crippen MR) is 303 cm³/mol. The molecule has 0 aromatic heterocycles. The Hall–Kier alpha value is -9.40. The zero-order chi connectivity index (χ0) is 56.3. The average molecular weight is 1060 g/mol. The second-order valence-electron chi connectivity index (χ2n) is 19.3. The van der Waals surface area contributed by atoms with Gasteiger partial charge in [-0.05, 0) is 113 Å². The molecule has 6 aromatic rings. The van der Waals surface area contributed by atoms with Gasteiger partial charge in [-0.25, -0.2) is 14.4 Å². The molecule has 0 aliphatic heterocycles. The number of hydrogen-bond donors (Lipinski definition) is 0. The lowest BCUT2D eigenvalue weighted by atomic mass is 9.69. The van der Waals surface area contributed by atoms with E-state index in [1.54, 1.807) is 13.8 Å². The number of ether oxygens (including phenoxy) is 6. The van der Waals surface area contributed by atoms with Crippen molar-refractivity contribution in [2.45, 2.75) is 38.5 Å². The molecule has 1 aliphatic carbocycles. The van der Waals surface area contributed by atoms with E-state index in [4.69, 9.17) is 28.4 Å². The van der Waals surface area contributed by atoms with Crippen molar-refractivity contribution in [3.05, 3.63) is 214 Å². The number of likely N-dealkylation sites (N-methyl/N-ethyl adjacent to an activating group) is 2. The maximum Gasteiger partial charge on any atom is 0.349 e. The fourth-order valence-electron chi connectivity index (χ4n) is 9.19. The van der Waals surface area contributed by atoms with Gasteiger partial charge in [0.05, 0.1) is 19.0 Å². The molecular formula is C65H64N4O10. The van der Waals surface area contributed by atoms with Crippen LogP contribution in [0.2, 0.25) is 0 Å². The first-order chi connectivity index (χ1) is 38.2. The van der Waals surface area contributed by atoms with Crippen molar-refractivity contribution in [1.29, 1.82) is 10.5 Å². The molecule has 0 saturated carbocycles. The van der Waals surface area contributed by atoms with Gasteiger partial charge in [0, 0.05) is 42.4 Å². The number of carbonyl (C=O) groups is 4. The van der Waals surface area contributed by atoms with Gasteiger partial charge in [-0.1, -0.05) is 124 Å². The Morgan fingerprint density at radius 2 is 1.01 bits per heavy atom. The summed E-state index contributed by atoms with van der Waals surface area (Å²) in [5.41, 5.74) is 8.67. The monoisotopic (exact) mass is 1060 g/mol. The minimum absolute atomic E-state index is 0.0830. The van der Waals surface area contributed by atoms with Gasteiger partial charge in [-0.3, -0.25) is 4.79 Å². The Kier molecular flexibility index (Phi) is 20.0. The fourth-order valence-corrected chi connectivity index (χ4v) is 9.19. The molecule has 6 aromatic carbocycles. The third kappa shape index (κ3) is 15.0. The van der Waals surface area contributed by atoms with Crippen LogP contribution in [0.4, 0.5) is 11.4 Å². The van der Waals surface area contributed by atoms with E-state index in [0.717, 1.165) is 40.4 Å². The number of fused-ring (bicyclic) bond motifs is 1. The summed E-state index contributed by atoms with van der Waals surface area (Å²) < 4.78 is 32.9. The van der Waals surface area contributed by atoms with E-state index in [-0.39, 0.29) is 61.0 Å². The highest BCUT2D eigenvalue weighted by molar-refractivity contribution is 5.98. The summed E-state index contributed by atoms with van der Waals surface area (Å²) in [5, 5.41) is 19.2.